The minimum absolute atomic E-state index is 0.137. The van der Waals surface area contributed by atoms with Gasteiger partial charge >= 0.3 is 6.09 Å². The summed E-state index contributed by atoms with van der Waals surface area (Å²) in [5.41, 5.74) is 1.59. The van der Waals surface area contributed by atoms with Crippen LogP contribution in [0.3, 0.4) is 0 Å². The molecule has 1 amide bonds. The molecule has 0 spiro atoms. The summed E-state index contributed by atoms with van der Waals surface area (Å²) in [6, 6.07) is 4.90. The number of hydrogen-bond donors (Lipinski definition) is 1. The lowest BCUT2D eigenvalue weighted by Gasteiger charge is -2.21. The van der Waals surface area contributed by atoms with E-state index in [2.05, 4.69) is 4.74 Å². The van der Waals surface area contributed by atoms with E-state index in [1.807, 2.05) is 13.8 Å². The quantitative estimate of drug-likeness (QED) is 0.813. The third-order valence-electron chi connectivity index (χ3n) is 2.19. The third-order valence-corrected chi connectivity index (χ3v) is 2.19. The van der Waals surface area contributed by atoms with Gasteiger partial charge in [0.05, 0.1) is 12.8 Å². The third kappa shape index (κ3) is 2.40. The van der Waals surface area contributed by atoms with Gasteiger partial charge in [-0.15, -0.1) is 0 Å². The average Bonchev–Trinajstić information content (AvgIpc) is 2.23. The monoisotopic (exact) mass is 209 g/mol. The molecule has 4 nitrogen and oxygen atoms in total. The lowest BCUT2D eigenvalue weighted by molar-refractivity contribution is 0.179. The van der Waals surface area contributed by atoms with E-state index in [0.717, 1.165) is 5.56 Å². The molecule has 0 aliphatic rings. The second-order valence-corrected chi connectivity index (χ2v) is 3.19. The number of rotatable bonds is 2. The fourth-order valence-corrected chi connectivity index (χ4v) is 1.40. The van der Waals surface area contributed by atoms with Gasteiger partial charge < -0.3 is 9.84 Å². The highest BCUT2D eigenvalue weighted by atomic mass is 16.5. The van der Waals surface area contributed by atoms with Crippen LogP contribution >= 0.6 is 0 Å². The molecule has 1 rings (SSSR count). The van der Waals surface area contributed by atoms with Crippen molar-refractivity contribution in [3.05, 3.63) is 23.8 Å². The number of carbonyl (C=O) groups excluding carboxylic acids is 1. The molecule has 15 heavy (non-hydrogen) atoms. The summed E-state index contributed by atoms with van der Waals surface area (Å²) in [6.07, 6.45) is -0.425. The van der Waals surface area contributed by atoms with Gasteiger partial charge in [0.15, 0.2) is 0 Å². The Balaban J connectivity index is 3.11. The number of phenolic OH excluding ortho intramolecular Hbond substituents is 1. The molecule has 0 aliphatic carbocycles. The summed E-state index contributed by atoms with van der Waals surface area (Å²) in [5.74, 6) is 0.137. The largest absolute Gasteiger partial charge is 0.508 e. The molecule has 0 aliphatic heterocycles. The molecule has 0 heterocycles. The van der Waals surface area contributed by atoms with E-state index in [-0.39, 0.29) is 5.75 Å². The van der Waals surface area contributed by atoms with Crippen LogP contribution < -0.4 is 4.90 Å². The van der Waals surface area contributed by atoms with Gasteiger partial charge in [-0.05, 0) is 25.5 Å². The molecule has 0 saturated carbocycles. The number of nitrogens with zero attached hydrogens (tertiary/aromatic N) is 1. The molecule has 1 aromatic rings. The molecule has 82 valence electrons. The van der Waals surface area contributed by atoms with Gasteiger partial charge in [0.1, 0.15) is 5.75 Å². The number of methoxy groups -OCH3 is 1. The van der Waals surface area contributed by atoms with Crippen molar-refractivity contribution in [3.63, 3.8) is 0 Å². The van der Waals surface area contributed by atoms with Crippen LogP contribution in [-0.2, 0) is 4.74 Å². The molecule has 4 heteroatoms. The zero-order valence-corrected chi connectivity index (χ0v) is 9.15. The number of phenols is 1. The standard InChI is InChI=1S/C11H15NO3/c1-4-12(11(14)15-3)10-7-9(13)6-5-8(10)2/h5-7,13H,4H2,1-3H3. The summed E-state index contributed by atoms with van der Waals surface area (Å²) >= 11 is 0. The molecule has 0 unspecified atom stereocenters. The predicted molar refractivity (Wildman–Crippen MR) is 58.3 cm³/mol. The maximum Gasteiger partial charge on any atom is 0.413 e. The van der Waals surface area contributed by atoms with Crippen molar-refractivity contribution in [2.75, 3.05) is 18.6 Å². The maximum absolute atomic E-state index is 11.4. The van der Waals surface area contributed by atoms with E-state index < -0.39 is 6.09 Å². The summed E-state index contributed by atoms with van der Waals surface area (Å²) in [5, 5.41) is 9.36. The van der Waals surface area contributed by atoms with Crippen molar-refractivity contribution in [2.24, 2.45) is 0 Å². The summed E-state index contributed by atoms with van der Waals surface area (Å²) in [4.78, 5) is 12.9. The summed E-state index contributed by atoms with van der Waals surface area (Å²) in [7, 11) is 1.34. The van der Waals surface area contributed by atoms with E-state index in [9.17, 15) is 9.90 Å². The number of amides is 1. The van der Waals surface area contributed by atoms with Gasteiger partial charge in [0, 0.05) is 12.6 Å². The van der Waals surface area contributed by atoms with Crippen LogP contribution in [0.2, 0.25) is 0 Å². The Morgan fingerprint density at radius 2 is 2.20 bits per heavy atom. The number of aromatic hydroxyl groups is 1. The van der Waals surface area contributed by atoms with Crippen molar-refractivity contribution >= 4 is 11.8 Å². The molecule has 0 aromatic heterocycles. The van der Waals surface area contributed by atoms with Crippen molar-refractivity contribution in [1.82, 2.24) is 0 Å². The molecule has 0 bridgehead atoms. The fraction of sp³-hybridized carbons (Fsp3) is 0.364. The maximum atomic E-state index is 11.4. The minimum Gasteiger partial charge on any atom is -0.508 e. The zero-order chi connectivity index (χ0) is 11.4. The topological polar surface area (TPSA) is 49.8 Å². The average molecular weight is 209 g/mol. The minimum atomic E-state index is -0.425. The van der Waals surface area contributed by atoms with Gasteiger partial charge in [-0.2, -0.15) is 0 Å². The van der Waals surface area contributed by atoms with Crippen LogP contribution in [-0.4, -0.2) is 24.9 Å². The van der Waals surface area contributed by atoms with Gasteiger partial charge in [-0.3, -0.25) is 4.90 Å². The number of benzene rings is 1. The Labute approximate surface area is 89.1 Å². The second-order valence-electron chi connectivity index (χ2n) is 3.19. The molecular weight excluding hydrogens is 194 g/mol. The van der Waals surface area contributed by atoms with Gasteiger partial charge in [-0.1, -0.05) is 6.07 Å². The van der Waals surface area contributed by atoms with E-state index in [1.165, 1.54) is 12.0 Å². The van der Waals surface area contributed by atoms with Crippen molar-refractivity contribution in [1.29, 1.82) is 0 Å². The lowest BCUT2D eigenvalue weighted by atomic mass is 10.2. The molecule has 1 aromatic carbocycles. The Kier molecular flexibility index (Phi) is 3.55. The number of anilines is 1. The van der Waals surface area contributed by atoms with Crippen LogP contribution in [0.25, 0.3) is 0 Å². The summed E-state index contributed by atoms with van der Waals surface area (Å²) < 4.78 is 4.66. The molecule has 0 saturated heterocycles. The smallest absolute Gasteiger partial charge is 0.413 e. The fourth-order valence-electron chi connectivity index (χ4n) is 1.40. The van der Waals surface area contributed by atoms with Gasteiger partial charge in [-0.25, -0.2) is 4.79 Å². The Hall–Kier alpha value is -1.71. The van der Waals surface area contributed by atoms with Crippen LogP contribution in [0.1, 0.15) is 12.5 Å². The molecule has 0 radical (unpaired) electrons. The van der Waals surface area contributed by atoms with E-state index >= 15 is 0 Å². The zero-order valence-electron chi connectivity index (χ0n) is 9.15. The highest BCUT2D eigenvalue weighted by Crippen LogP contribution is 2.25. The molecule has 1 N–H and O–H groups in total. The van der Waals surface area contributed by atoms with Crippen LogP contribution in [0.4, 0.5) is 10.5 Å². The Morgan fingerprint density at radius 3 is 2.73 bits per heavy atom. The molecule has 0 fully saturated rings. The first-order valence-electron chi connectivity index (χ1n) is 4.75. The van der Waals surface area contributed by atoms with Gasteiger partial charge in [0.2, 0.25) is 0 Å². The van der Waals surface area contributed by atoms with Crippen LogP contribution in [0.15, 0.2) is 18.2 Å². The van der Waals surface area contributed by atoms with Crippen LogP contribution in [0, 0.1) is 6.92 Å². The van der Waals surface area contributed by atoms with Crippen LogP contribution in [0.5, 0.6) is 5.75 Å². The van der Waals surface area contributed by atoms with E-state index in [4.69, 9.17) is 0 Å². The Morgan fingerprint density at radius 1 is 1.53 bits per heavy atom. The van der Waals surface area contributed by atoms with Gasteiger partial charge in [0.25, 0.3) is 0 Å². The van der Waals surface area contributed by atoms with Crippen molar-refractivity contribution < 1.29 is 14.6 Å². The Bertz CT molecular complexity index is 363. The SMILES string of the molecule is CCN(C(=O)OC)c1cc(O)ccc1C. The number of ether oxygens (including phenoxy) is 1. The number of hydrogen-bond acceptors (Lipinski definition) is 3. The van der Waals surface area contributed by atoms with E-state index in [0.29, 0.717) is 12.2 Å². The first-order chi connectivity index (χ1) is 7.10. The number of carbonyl (C=O) groups is 1. The van der Waals surface area contributed by atoms with Crippen molar-refractivity contribution in [2.45, 2.75) is 13.8 Å². The summed E-state index contributed by atoms with van der Waals surface area (Å²) in [6.45, 7) is 4.22. The van der Waals surface area contributed by atoms with Crippen molar-refractivity contribution in [3.8, 4) is 5.75 Å². The molecule has 0 atom stereocenters. The van der Waals surface area contributed by atoms with E-state index in [1.54, 1.807) is 18.2 Å². The molecular formula is C11H15NO3. The first-order valence-corrected chi connectivity index (χ1v) is 4.75. The first kappa shape index (κ1) is 11.4. The highest BCUT2D eigenvalue weighted by Gasteiger charge is 2.16. The normalized spacial score (nSPS) is 9.80. The lowest BCUT2D eigenvalue weighted by Crippen LogP contribution is -2.30. The second kappa shape index (κ2) is 4.68. The number of aryl methyl sites for hydroxylation is 1. The predicted octanol–water partition coefficient (Wildman–Crippen LogP) is 2.29. The highest BCUT2D eigenvalue weighted by molar-refractivity contribution is 5.88.